The summed E-state index contributed by atoms with van der Waals surface area (Å²) in [4.78, 5) is 27.4. The van der Waals surface area contributed by atoms with Gasteiger partial charge in [-0.05, 0) is 16.4 Å². The van der Waals surface area contributed by atoms with Gasteiger partial charge in [0, 0.05) is 11.0 Å². The molecule has 0 saturated heterocycles. The first kappa shape index (κ1) is 13.5. The minimum absolute atomic E-state index is 0.0712. The van der Waals surface area contributed by atoms with E-state index in [9.17, 15) is 10.1 Å². The van der Waals surface area contributed by atoms with Gasteiger partial charge in [-0.25, -0.2) is 14.6 Å². The van der Waals surface area contributed by atoms with Gasteiger partial charge in [0.1, 0.15) is 11.4 Å². The van der Waals surface area contributed by atoms with Gasteiger partial charge in [-0.15, -0.1) is 0 Å². The molecule has 23 heavy (non-hydrogen) atoms. The van der Waals surface area contributed by atoms with Crippen LogP contribution in [0.25, 0.3) is 11.0 Å². The van der Waals surface area contributed by atoms with Crippen LogP contribution in [-0.2, 0) is 0 Å². The number of fused-ring (bicyclic) bond motifs is 2. The van der Waals surface area contributed by atoms with Crippen molar-refractivity contribution < 1.29 is 9.55 Å². The maximum absolute atomic E-state index is 11.0. The van der Waals surface area contributed by atoms with Crippen molar-refractivity contribution in [3.05, 3.63) is 22.2 Å². The lowest BCUT2D eigenvalue weighted by Gasteiger charge is -2.15. The van der Waals surface area contributed by atoms with E-state index in [1.807, 2.05) is 0 Å². The molecular formula is C11H6N8O3S. The highest BCUT2D eigenvalue weighted by atomic mass is 32.2. The first-order valence-corrected chi connectivity index (χ1v) is 7.05. The van der Waals surface area contributed by atoms with Gasteiger partial charge in [-0.1, -0.05) is 11.8 Å². The average molecular weight is 330 g/mol. The van der Waals surface area contributed by atoms with Crippen LogP contribution in [-0.4, -0.2) is 44.5 Å². The Morgan fingerprint density at radius 1 is 1.26 bits per heavy atom. The van der Waals surface area contributed by atoms with Gasteiger partial charge < -0.3 is 5.73 Å². The number of amidine groups is 1. The molecule has 114 valence electrons. The van der Waals surface area contributed by atoms with E-state index in [-0.39, 0.29) is 22.7 Å². The maximum Gasteiger partial charge on any atom is 0.300 e. The molecule has 0 bridgehead atoms. The normalized spacial score (nSPS) is 19.3. The van der Waals surface area contributed by atoms with Crippen molar-refractivity contribution in [3.8, 4) is 0 Å². The number of hydrogen-bond donors (Lipinski definition) is 1. The molecule has 0 spiro atoms. The summed E-state index contributed by atoms with van der Waals surface area (Å²) in [6.07, 6.45) is 1.39. The molecule has 1 aromatic heterocycles. The van der Waals surface area contributed by atoms with E-state index < -0.39 is 11.0 Å². The molecule has 11 nitrogen and oxygen atoms in total. The number of guanidine groups is 1. The third-order valence-corrected chi connectivity index (χ3v) is 4.18. The van der Waals surface area contributed by atoms with E-state index in [1.165, 1.54) is 24.2 Å². The highest BCUT2D eigenvalue weighted by molar-refractivity contribution is 8.14. The number of aliphatic imine (C=N–C) groups is 4. The Kier molecular flexibility index (Phi) is 2.90. The largest absolute Gasteiger partial charge is 0.368 e. The zero-order valence-electron chi connectivity index (χ0n) is 11.2. The monoisotopic (exact) mass is 330 g/mol. The van der Waals surface area contributed by atoms with Gasteiger partial charge in [0.15, 0.2) is 17.4 Å². The summed E-state index contributed by atoms with van der Waals surface area (Å²) in [6.45, 7) is 0. The minimum atomic E-state index is -0.546. The van der Waals surface area contributed by atoms with Crippen LogP contribution in [0.5, 0.6) is 0 Å². The van der Waals surface area contributed by atoms with Crippen LogP contribution < -0.4 is 5.73 Å². The summed E-state index contributed by atoms with van der Waals surface area (Å²) < 4.78 is 4.63. The number of nitrogens with zero attached hydrogens (tertiary/aromatic N) is 7. The fourth-order valence-corrected chi connectivity index (χ4v) is 3.14. The van der Waals surface area contributed by atoms with Gasteiger partial charge in [-0.2, -0.15) is 4.99 Å². The van der Waals surface area contributed by atoms with E-state index in [4.69, 9.17) is 5.73 Å². The Bertz CT molecular complexity index is 959. The minimum Gasteiger partial charge on any atom is -0.368 e. The van der Waals surface area contributed by atoms with E-state index in [2.05, 4.69) is 34.9 Å². The zero-order valence-corrected chi connectivity index (χ0v) is 12.0. The third-order valence-electron chi connectivity index (χ3n) is 3.11. The lowest BCUT2D eigenvalue weighted by Crippen LogP contribution is -2.31. The summed E-state index contributed by atoms with van der Waals surface area (Å²) in [5, 5.41) is 18.9. The number of benzene rings is 1. The summed E-state index contributed by atoms with van der Waals surface area (Å²) in [5.41, 5.74) is 5.83. The lowest BCUT2D eigenvalue weighted by molar-refractivity contribution is -0.383. The summed E-state index contributed by atoms with van der Waals surface area (Å²) in [6, 6.07) is 2.45. The molecule has 12 heteroatoms. The van der Waals surface area contributed by atoms with Crippen LogP contribution in [0.2, 0.25) is 0 Å². The predicted molar refractivity (Wildman–Crippen MR) is 83.1 cm³/mol. The van der Waals surface area contributed by atoms with Crippen molar-refractivity contribution in [3.63, 3.8) is 0 Å². The molecular weight excluding hydrogens is 324 g/mol. The van der Waals surface area contributed by atoms with Crippen LogP contribution in [0.1, 0.15) is 0 Å². The quantitative estimate of drug-likeness (QED) is 0.628. The third kappa shape index (κ3) is 2.15. The standard InChI is InChI=1S/C11H6N8O3S/c12-11-15-9-8(13-3-14-9)10(16-11)23-5-2-1-4(19(20)21)6-7(5)18-22-17-6/h1-3,8H,(H2,12,13,14,15). The van der Waals surface area contributed by atoms with Crippen molar-refractivity contribution >= 4 is 51.7 Å². The molecule has 0 fully saturated rings. The highest BCUT2D eigenvalue weighted by Gasteiger charge is 2.30. The summed E-state index contributed by atoms with van der Waals surface area (Å²) >= 11 is 1.21. The Morgan fingerprint density at radius 3 is 2.91 bits per heavy atom. The fourth-order valence-electron chi connectivity index (χ4n) is 2.13. The Morgan fingerprint density at radius 2 is 2.09 bits per heavy atom. The zero-order chi connectivity index (χ0) is 16.0. The maximum atomic E-state index is 11.0. The Hall–Kier alpha value is -3.15. The summed E-state index contributed by atoms with van der Waals surface area (Å²) in [7, 11) is 0. The van der Waals surface area contributed by atoms with Crippen LogP contribution in [0.4, 0.5) is 5.69 Å². The fraction of sp³-hybridized carbons (Fsp3) is 0.0909. The molecule has 1 aromatic carbocycles. The van der Waals surface area contributed by atoms with E-state index in [0.717, 1.165) is 0 Å². The smallest absolute Gasteiger partial charge is 0.300 e. The van der Waals surface area contributed by atoms with E-state index >= 15 is 0 Å². The Balaban J connectivity index is 1.77. The van der Waals surface area contributed by atoms with Crippen LogP contribution in [0, 0.1) is 10.1 Å². The van der Waals surface area contributed by atoms with Crippen LogP contribution >= 0.6 is 11.8 Å². The van der Waals surface area contributed by atoms with Gasteiger partial charge in [-0.3, -0.25) is 15.1 Å². The second-order valence-corrected chi connectivity index (χ2v) is 5.54. The van der Waals surface area contributed by atoms with Crippen molar-refractivity contribution in [2.45, 2.75) is 10.9 Å². The molecule has 1 atom stereocenters. The predicted octanol–water partition coefficient (Wildman–Crippen LogP) is 0.759. The number of nitro groups is 1. The molecule has 2 N–H and O–H groups in total. The molecule has 2 aliphatic heterocycles. The highest BCUT2D eigenvalue weighted by Crippen LogP contribution is 2.34. The lowest BCUT2D eigenvalue weighted by atomic mass is 10.3. The van der Waals surface area contributed by atoms with Crippen LogP contribution in [0.3, 0.4) is 0 Å². The molecule has 2 aliphatic rings. The van der Waals surface area contributed by atoms with Crippen molar-refractivity contribution in [2.24, 2.45) is 25.7 Å². The van der Waals surface area contributed by atoms with Gasteiger partial charge in [0.05, 0.1) is 4.92 Å². The first-order chi connectivity index (χ1) is 11.1. The first-order valence-electron chi connectivity index (χ1n) is 6.23. The number of thioether (sulfide) groups is 1. The van der Waals surface area contributed by atoms with Crippen molar-refractivity contribution in [2.75, 3.05) is 0 Å². The Labute approximate surface area is 131 Å². The van der Waals surface area contributed by atoms with E-state index in [0.29, 0.717) is 15.8 Å². The molecule has 0 radical (unpaired) electrons. The van der Waals surface area contributed by atoms with Crippen molar-refractivity contribution in [1.29, 1.82) is 0 Å². The molecule has 0 amide bonds. The summed E-state index contributed by atoms with van der Waals surface area (Å²) in [5.74, 6) is 0.529. The molecule has 3 heterocycles. The van der Waals surface area contributed by atoms with Gasteiger partial charge in [0.25, 0.3) is 0 Å². The van der Waals surface area contributed by atoms with Gasteiger partial charge in [0.2, 0.25) is 11.5 Å². The molecule has 4 rings (SSSR count). The number of hydrogen-bond acceptors (Lipinski definition) is 11. The number of rotatable bonds is 2. The number of aromatic nitrogens is 2. The average Bonchev–Trinajstić information content (AvgIpc) is 3.15. The number of non-ortho nitro benzene ring substituents is 1. The second-order valence-electron chi connectivity index (χ2n) is 4.48. The molecule has 0 aliphatic carbocycles. The van der Waals surface area contributed by atoms with Crippen LogP contribution in [0.15, 0.2) is 41.6 Å². The second kappa shape index (κ2) is 4.95. The topological polar surface area (TPSA) is 158 Å². The molecule has 0 saturated carbocycles. The molecule has 1 unspecified atom stereocenters. The number of nitrogens with two attached hydrogens (primary N) is 1. The van der Waals surface area contributed by atoms with Gasteiger partial charge >= 0.3 is 5.69 Å². The molecule has 2 aromatic rings. The SMILES string of the molecule is NC1=NC2=NC=NC2C(Sc2ccc([N+](=O)[O-])c3nonc23)=N1. The van der Waals surface area contributed by atoms with Crippen molar-refractivity contribution in [1.82, 2.24) is 10.3 Å². The van der Waals surface area contributed by atoms with E-state index in [1.54, 1.807) is 6.07 Å². The number of nitro benzene ring substituents is 1.